The second-order valence-corrected chi connectivity index (χ2v) is 6.73. The molecule has 3 aromatic carbocycles. The van der Waals surface area contributed by atoms with Crippen LogP contribution in [0.5, 0.6) is 11.5 Å². The Morgan fingerprint density at radius 1 is 0.839 bits per heavy atom. The second-order valence-electron chi connectivity index (χ2n) is 6.73. The van der Waals surface area contributed by atoms with Gasteiger partial charge in [0, 0.05) is 17.3 Å². The normalized spacial score (nSPS) is 13.6. The van der Waals surface area contributed by atoms with Crippen LogP contribution in [0.1, 0.15) is 5.56 Å². The van der Waals surface area contributed by atoms with Crippen LogP contribution in [0.2, 0.25) is 0 Å². The van der Waals surface area contributed by atoms with Crippen molar-refractivity contribution in [3.05, 3.63) is 89.9 Å². The minimum Gasteiger partial charge on any atom is -0.497 e. The SMILES string of the molecule is COc1cccc(NC2=C(c3ccccc3OC)C(=O)N(c3cccc(F)c3)C2=O)c1. The molecule has 0 unspecified atom stereocenters. The van der Waals surface area contributed by atoms with Gasteiger partial charge < -0.3 is 14.8 Å². The number of hydrogen-bond acceptors (Lipinski definition) is 5. The van der Waals surface area contributed by atoms with Gasteiger partial charge in [0.25, 0.3) is 11.8 Å². The molecule has 0 aromatic heterocycles. The first-order chi connectivity index (χ1) is 15.0. The number of carbonyl (C=O) groups is 2. The van der Waals surface area contributed by atoms with Gasteiger partial charge >= 0.3 is 0 Å². The Labute approximate surface area is 178 Å². The smallest absolute Gasteiger partial charge is 0.282 e. The van der Waals surface area contributed by atoms with Crippen LogP contribution in [-0.2, 0) is 9.59 Å². The van der Waals surface area contributed by atoms with Crippen molar-refractivity contribution in [2.45, 2.75) is 0 Å². The van der Waals surface area contributed by atoms with Crippen LogP contribution in [0, 0.1) is 5.82 Å². The molecule has 2 amide bonds. The first kappa shape index (κ1) is 20.2. The van der Waals surface area contributed by atoms with Crippen LogP contribution in [0.4, 0.5) is 15.8 Å². The number of nitrogens with one attached hydrogen (secondary N) is 1. The Kier molecular flexibility index (Phi) is 5.41. The molecule has 1 aliphatic rings. The van der Waals surface area contributed by atoms with Gasteiger partial charge in [-0.1, -0.05) is 30.3 Å². The van der Waals surface area contributed by atoms with Gasteiger partial charge in [0.05, 0.1) is 25.5 Å². The average Bonchev–Trinajstić information content (AvgIpc) is 3.03. The van der Waals surface area contributed by atoms with Crippen LogP contribution in [0.15, 0.2) is 78.5 Å². The topological polar surface area (TPSA) is 67.9 Å². The van der Waals surface area contributed by atoms with Crippen LogP contribution in [0.25, 0.3) is 5.57 Å². The molecule has 0 bridgehead atoms. The Hall–Kier alpha value is -4.13. The first-order valence-corrected chi connectivity index (χ1v) is 9.46. The minimum absolute atomic E-state index is 0.0621. The fourth-order valence-corrected chi connectivity index (χ4v) is 3.44. The second kappa shape index (κ2) is 8.31. The summed E-state index contributed by atoms with van der Waals surface area (Å²) in [7, 11) is 3.02. The standard InChI is InChI=1S/C24H19FN2O4/c1-30-18-10-6-8-16(14-18)26-22-21(19-11-3-4-12-20(19)31-2)23(28)27(24(22)29)17-9-5-7-15(25)13-17/h3-14,26H,1-2H3. The maximum absolute atomic E-state index is 13.8. The van der Waals surface area contributed by atoms with Crippen molar-refractivity contribution in [1.29, 1.82) is 0 Å². The number of imide groups is 1. The number of para-hydroxylation sites is 1. The number of amides is 2. The van der Waals surface area contributed by atoms with E-state index in [0.717, 1.165) is 11.0 Å². The van der Waals surface area contributed by atoms with Crippen LogP contribution in [0.3, 0.4) is 0 Å². The molecule has 0 aliphatic carbocycles. The minimum atomic E-state index is -0.598. The number of hydrogen-bond donors (Lipinski definition) is 1. The van der Waals surface area contributed by atoms with E-state index in [1.807, 2.05) is 0 Å². The summed E-state index contributed by atoms with van der Waals surface area (Å²) in [4.78, 5) is 27.7. The molecule has 3 aromatic rings. The zero-order chi connectivity index (χ0) is 22.0. The summed E-state index contributed by atoms with van der Waals surface area (Å²) in [5.74, 6) is -0.705. The zero-order valence-electron chi connectivity index (χ0n) is 16.9. The first-order valence-electron chi connectivity index (χ1n) is 9.46. The molecule has 0 saturated heterocycles. The lowest BCUT2D eigenvalue weighted by molar-refractivity contribution is -0.120. The lowest BCUT2D eigenvalue weighted by atomic mass is 10.0. The molecule has 0 atom stereocenters. The van der Waals surface area contributed by atoms with Gasteiger partial charge in [0.15, 0.2) is 0 Å². The number of anilines is 2. The number of ether oxygens (including phenoxy) is 2. The summed E-state index contributed by atoms with van der Waals surface area (Å²) in [5.41, 5.74) is 1.35. The van der Waals surface area contributed by atoms with E-state index in [4.69, 9.17) is 9.47 Å². The molecule has 0 fully saturated rings. The van der Waals surface area contributed by atoms with Crippen molar-refractivity contribution in [1.82, 2.24) is 0 Å². The molecule has 1 heterocycles. The third-order valence-electron chi connectivity index (χ3n) is 4.87. The lowest BCUT2D eigenvalue weighted by Crippen LogP contribution is -2.32. The van der Waals surface area contributed by atoms with E-state index >= 15 is 0 Å². The Balaban J connectivity index is 1.86. The van der Waals surface area contributed by atoms with Crippen molar-refractivity contribution in [2.24, 2.45) is 0 Å². The highest BCUT2D eigenvalue weighted by Crippen LogP contribution is 2.37. The van der Waals surface area contributed by atoms with Crippen molar-refractivity contribution in [3.8, 4) is 11.5 Å². The Morgan fingerprint density at radius 3 is 2.35 bits per heavy atom. The molecular formula is C24H19FN2O4. The Bertz CT molecular complexity index is 1210. The third kappa shape index (κ3) is 3.73. The van der Waals surface area contributed by atoms with Crippen LogP contribution >= 0.6 is 0 Å². The number of carbonyl (C=O) groups excluding carboxylic acids is 2. The monoisotopic (exact) mass is 418 g/mol. The van der Waals surface area contributed by atoms with E-state index < -0.39 is 17.6 Å². The fraction of sp³-hybridized carbons (Fsp3) is 0.0833. The molecule has 0 saturated carbocycles. The highest BCUT2D eigenvalue weighted by Gasteiger charge is 2.41. The van der Waals surface area contributed by atoms with E-state index in [9.17, 15) is 14.0 Å². The molecular weight excluding hydrogens is 399 g/mol. The Morgan fingerprint density at radius 2 is 1.61 bits per heavy atom. The van der Waals surface area contributed by atoms with E-state index in [-0.39, 0.29) is 17.0 Å². The largest absolute Gasteiger partial charge is 0.497 e. The summed E-state index contributed by atoms with van der Waals surface area (Å²) in [6.07, 6.45) is 0. The van der Waals surface area contributed by atoms with Crippen molar-refractivity contribution in [2.75, 3.05) is 24.4 Å². The summed E-state index contributed by atoms with van der Waals surface area (Å²) >= 11 is 0. The van der Waals surface area contributed by atoms with Crippen LogP contribution in [-0.4, -0.2) is 26.0 Å². The van der Waals surface area contributed by atoms with Crippen LogP contribution < -0.4 is 19.7 Å². The number of benzene rings is 3. The molecule has 0 spiro atoms. The maximum atomic E-state index is 13.8. The van der Waals surface area contributed by atoms with Gasteiger partial charge in [-0.3, -0.25) is 9.59 Å². The predicted molar refractivity (Wildman–Crippen MR) is 115 cm³/mol. The van der Waals surface area contributed by atoms with Gasteiger partial charge in [-0.15, -0.1) is 0 Å². The van der Waals surface area contributed by atoms with Gasteiger partial charge in [-0.2, -0.15) is 0 Å². The number of rotatable bonds is 6. The summed E-state index contributed by atoms with van der Waals surface area (Å²) in [6, 6.07) is 19.2. The number of nitrogens with zero attached hydrogens (tertiary/aromatic N) is 1. The van der Waals surface area contributed by atoms with E-state index in [1.54, 1.807) is 48.5 Å². The van der Waals surface area contributed by atoms with Gasteiger partial charge in [-0.05, 0) is 36.4 Å². The van der Waals surface area contributed by atoms with E-state index in [1.165, 1.54) is 32.4 Å². The fourth-order valence-electron chi connectivity index (χ4n) is 3.44. The van der Waals surface area contributed by atoms with Gasteiger partial charge in [0.1, 0.15) is 23.0 Å². The molecule has 156 valence electrons. The molecule has 1 N–H and O–H groups in total. The van der Waals surface area contributed by atoms with Gasteiger partial charge in [0.2, 0.25) is 0 Å². The molecule has 1 aliphatic heterocycles. The van der Waals surface area contributed by atoms with Crippen molar-refractivity contribution < 1.29 is 23.5 Å². The number of methoxy groups -OCH3 is 2. The number of halogens is 1. The van der Waals surface area contributed by atoms with E-state index in [0.29, 0.717) is 22.7 Å². The zero-order valence-corrected chi connectivity index (χ0v) is 16.9. The molecule has 4 rings (SSSR count). The highest BCUT2D eigenvalue weighted by molar-refractivity contribution is 6.46. The van der Waals surface area contributed by atoms with E-state index in [2.05, 4.69) is 5.32 Å². The van der Waals surface area contributed by atoms with Gasteiger partial charge in [-0.25, -0.2) is 9.29 Å². The average molecular weight is 418 g/mol. The van der Waals surface area contributed by atoms with Crippen molar-refractivity contribution in [3.63, 3.8) is 0 Å². The maximum Gasteiger partial charge on any atom is 0.282 e. The molecule has 7 heteroatoms. The molecule has 31 heavy (non-hydrogen) atoms. The van der Waals surface area contributed by atoms with Crippen molar-refractivity contribution >= 4 is 28.8 Å². The quantitative estimate of drug-likeness (QED) is 0.607. The highest BCUT2D eigenvalue weighted by atomic mass is 19.1. The summed E-state index contributed by atoms with van der Waals surface area (Å²) < 4.78 is 24.5. The summed E-state index contributed by atoms with van der Waals surface area (Å²) in [5, 5.41) is 3.05. The third-order valence-corrected chi connectivity index (χ3v) is 4.87. The summed E-state index contributed by atoms with van der Waals surface area (Å²) in [6.45, 7) is 0. The lowest BCUT2D eigenvalue weighted by Gasteiger charge is -2.15. The molecule has 6 nitrogen and oxygen atoms in total. The predicted octanol–water partition coefficient (Wildman–Crippen LogP) is 4.24. The molecule has 0 radical (unpaired) electrons.